The first kappa shape index (κ1) is 13.7. The molecule has 1 atom stereocenters. The summed E-state index contributed by atoms with van der Waals surface area (Å²) in [5, 5.41) is 3.44. The van der Waals surface area contributed by atoms with Crippen LogP contribution in [0.15, 0.2) is 22.7 Å². The van der Waals surface area contributed by atoms with Crippen LogP contribution in [-0.4, -0.2) is 19.6 Å². The van der Waals surface area contributed by atoms with Gasteiger partial charge in [-0.25, -0.2) is 0 Å². The molecule has 1 unspecified atom stereocenters. The third-order valence-corrected chi connectivity index (χ3v) is 3.27. The Kier molecular flexibility index (Phi) is 6.03. The first-order chi connectivity index (χ1) is 7.63. The molecule has 0 aromatic heterocycles. The van der Waals surface area contributed by atoms with Gasteiger partial charge in [0.15, 0.2) is 0 Å². The standard InChI is InChI=1S/C13H21BrN2/c1-10(8-15)9-16-6-5-12-7-13(14)4-3-11(12)2/h3-4,7,10,16H,5-6,8-9,15H2,1-2H3. The SMILES string of the molecule is Cc1ccc(Br)cc1CCNCC(C)CN. The van der Waals surface area contributed by atoms with Crippen molar-refractivity contribution in [2.75, 3.05) is 19.6 Å². The Morgan fingerprint density at radius 1 is 1.44 bits per heavy atom. The minimum absolute atomic E-state index is 0.559. The van der Waals surface area contributed by atoms with Gasteiger partial charge in [-0.2, -0.15) is 0 Å². The third-order valence-electron chi connectivity index (χ3n) is 2.78. The van der Waals surface area contributed by atoms with Crippen molar-refractivity contribution in [1.29, 1.82) is 0 Å². The Morgan fingerprint density at radius 3 is 2.88 bits per heavy atom. The van der Waals surface area contributed by atoms with Crippen LogP contribution >= 0.6 is 15.9 Å². The van der Waals surface area contributed by atoms with Gasteiger partial charge in [0.25, 0.3) is 0 Å². The minimum Gasteiger partial charge on any atom is -0.330 e. The average molecular weight is 285 g/mol. The molecular formula is C13H21BrN2. The lowest BCUT2D eigenvalue weighted by atomic mass is 10.1. The number of aryl methyl sites for hydroxylation is 1. The Balaban J connectivity index is 2.34. The van der Waals surface area contributed by atoms with E-state index in [4.69, 9.17) is 5.73 Å². The number of hydrogen-bond acceptors (Lipinski definition) is 2. The molecule has 0 saturated heterocycles. The zero-order valence-electron chi connectivity index (χ0n) is 10.1. The maximum Gasteiger partial charge on any atom is 0.0178 e. The summed E-state index contributed by atoms with van der Waals surface area (Å²) in [7, 11) is 0. The van der Waals surface area contributed by atoms with E-state index in [0.29, 0.717) is 5.92 Å². The van der Waals surface area contributed by atoms with Crippen LogP contribution in [0.2, 0.25) is 0 Å². The number of rotatable bonds is 6. The van der Waals surface area contributed by atoms with Gasteiger partial charge < -0.3 is 11.1 Å². The Hall–Kier alpha value is -0.380. The van der Waals surface area contributed by atoms with Crippen LogP contribution < -0.4 is 11.1 Å². The number of benzene rings is 1. The second kappa shape index (κ2) is 7.05. The van der Waals surface area contributed by atoms with Crippen LogP contribution in [0, 0.1) is 12.8 Å². The van der Waals surface area contributed by atoms with Crippen LogP contribution in [0.4, 0.5) is 0 Å². The van der Waals surface area contributed by atoms with Crippen LogP contribution in [0.1, 0.15) is 18.1 Å². The summed E-state index contributed by atoms with van der Waals surface area (Å²) in [6, 6.07) is 6.44. The summed E-state index contributed by atoms with van der Waals surface area (Å²) in [5.41, 5.74) is 8.33. The van der Waals surface area contributed by atoms with Crippen LogP contribution in [-0.2, 0) is 6.42 Å². The summed E-state index contributed by atoms with van der Waals surface area (Å²) < 4.78 is 1.16. The predicted octanol–water partition coefficient (Wildman–Crippen LogP) is 2.48. The lowest BCUT2D eigenvalue weighted by molar-refractivity contribution is 0.524. The van der Waals surface area contributed by atoms with Crippen molar-refractivity contribution in [3.05, 3.63) is 33.8 Å². The maximum absolute atomic E-state index is 5.56. The van der Waals surface area contributed by atoms with E-state index in [1.807, 2.05) is 0 Å². The fourth-order valence-corrected chi connectivity index (χ4v) is 1.97. The highest BCUT2D eigenvalue weighted by Crippen LogP contribution is 2.16. The molecule has 1 aromatic rings. The Labute approximate surface area is 107 Å². The molecule has 0 amide bonds. The zero-order chi connectivity index (χ0) is 12.0. The summed E-state index contributed by atoms with van der Waals surface area (Å²) in [6.45, 7) is 7.09. The smallest absolute Gasteiger partial charge is 0.0178 e. The number of nitrogens with two attached hydrogens (primary N) is 1. The van der Waals surface area contributed by atoms with Gasteiger partial charge in [0.05, 0.1) is 0 Å². The molecule has 0 saturated carbocycles. The highest BCUT2D eigenvalue weighted by molar-refractivity contribution is 9.10. The summed E-state index contributed by atoms with van der Waals surface area (Å²) in [4.78, 5) is 0. The number of hydrogen-bond donors (Lipinski definition) is 2. The van der Waals surface area contributed by atoms with Crippen molar-refractivity contribution in [3.8, 4) is 0 Å². The normalized spacial score (nSPS) is 12.8. The maximum atomic E-state index is 5.56. The quantitative estimate of drug-likeness (QED) is 0.788. The van der Waals surface area contributed by atoms with Gasteiger partial charge in [0.1, 0.15) is 0 Å². The molecular weight excluding hydrogens is 264 g/mol. The summed E-state index contributed by atoms with van der Waals surface area (Å²) in [5.74, 6) is 0.559. The lowest BCUT2D eigenvalue weighted by Gasteiger charge is -2.11. The van der Waals surface area contributed by atoms with Gasteiger partial charge in [-0.15, -0.1) is 0 Å². The fourth-order valence-electron chi connectivity index (χ4n) is 1.56. The van der Waals surface area contributed by atoms with E-state index >= 15 is 0 Å². The number of halogens is 1. The second-order valence-electron chi connectivity index (χ2n) is 4.37. The molecule has 0 radical (unpaired) electrons. The first-order valence-corrected chi connectivity index (χ1v) is 6.58. The molecule has 0 spiro atoms. The van der Waals surface area contributed by atoms with Crippen molar-refractivity contribution in [3.63, 3.8) is 0 Å². The summed E-state index contributed by atoms with van der Waals surface area (Å²) >= 11 is 3.50. The molecule has 0 bridgehead atoms. The van der Waals surface area contributed by atoms with Crippen molar-refractivity contribution in [2.45, 2.75) is 20.3 Å². The second-order valence-corrected chi connectivity index (χ2v) is 5.28. The van der Waals surface area contributed by atoms with Gasteiger partial charge in [0, 0.05) is 4.47 Å². The summed E-state index contributed by atoms with van der Waals surface area (Å²) in [6.07, 6.45) is 1.07. The van der Waals surface area contributed by atoms with Gasteiger partial charge in [-0.05, 0) is 62.2 Å². The van der Waals surface area contributed by atoms with Gasteiger partial charge in [-0.1, -0.05) is 28.9 Å². The molecule has 90 valence electrons. The zero-order valence-corrected chi connectivity index (χ0v) is 11.7. The largest absolute Gasteiger partial charge is 0.330 e. The fraction of sp³-hybridized carbons (Fsp3) is 0.538. The van der Waals surface area contributed by atoms with E-state index in [0.717, 1.165) is 30.5 Å². The van der Waals surface area contributed by atoms with E-state index in [-0.39, 0.29) is 0 Å². The van der Waals surface area contributed by atoms with E-state index in [1.165, 1.54) is 11.1 Å². The molecule has 0 fully saturated rings. The van der Waals surface area contributed by atoms with Crippen molar-refractivity contribution < 1.29 is 0 Å². The first-order valence-electron chi connectivity index (χ1n) is 5.79. The van der Waals surface area contributed by atoms with Crippen LogP contribution in [0.25, 0.3) is 0 Å². The minimum atomic E-state index is 0.559. The molecule has 2 nitrogen and oxygen atoms in total. The molecule has 1 rings (SSSR count). The molecule has 0 heterocycles. The topological polar surface area (TPSA) is 38.0 Å². The van der Waals surface area contributed by atoms with Gasteiger partial charge >= 0.3 is 0 Å². The predicted molar refractivity (Wildman–Crippen MR) is 73.7 cm³/mol. The van der Waals surface area contributed by atoms with E-state index < -0.39 is 0 Å². The Bertz CT molecular complexity index is 326. The lowest BCUT2D eigenvalue weighted by Crippen LogP contribution is -2.27. The molecule has 16 heavy (non-hydrogen) atoms. The van der Waals surface area contributed by atoms with E-state index in [9.17, 15) is 0 Å². The van der Waals surface area contributed by atoms with E-state index in [2.05, 4.69) is 53.3 Å². The molecule has 0 aliphatic carbocycles. The molecule has 0 aliphatic rings. The monoisotopic (exact) mass is 284 g/mol. The molecule has 3 N–H and O–H groups in total. The van der Waals surface area contributed by atoms with Crippen molar-refractivity contribution in [2.24, 2.45) is 11.7 Å². The molecule has 3 heteroatoms. The third kappa shape index (κ3) is 4.64. The highest BCUT2D eigenvalue weighted by atomic mass is 79.9. The van der Waals surface area contributed by atoms with Crippen LogP contribution in [0.3, 0.4) is 0 Å². The molecule has 1 aromatic carbocycles. The number of nitrogens with one attached hydrogen (secondary N) is 1. The van der Waals surface area contributed by atoms with Crippen molar-refractivity contribution >= 4 is 15.9 Å². The van der Waals surface area contributed by atoms with Gasteiger partial charge in [0.2, 0.25) is 0 Å². The molecule has 0 aliphatic heterocycles. The highest BCUT2D eigenvalue weighted by Gasteiger charge is 2.01. The Morgan fingerprint density at radius 2 is 2.19 bits per heavy atom. The van der Waals surface area contributed by atoms with Crippen molar-refractivity contribution in [1.82, 2.24) is 5.32 Å². The van der Waals surface area contributed by atoms with Gasteiger partial charge in [-0.3, -0.25) is 0 Å². The van der Waals surface area contributed by atoms with E-state index in [1.54, 1.807) is 0 Å². The average Bonchev–Trinajstić information content (AvgIpc) is 2.28. The van der Waals surface area contributed by atoms with Crippen LogP contribution in [0.5, 0.6) is 0 Å².